The Morgan fingerprint density at radius 1 is 1.38 bits per heavy atom. The number of nitrogens with zero attached hydrogens (tertiary/aromatic N) is 5. The molecule has 2 aromatic heterocycles. The Bertz CT molecular complexity index is 809. The summed E-state index contributed by atoms with van der Waals surface area (Å²) in [5.41, 5.74) is 0. The van der Waals surface area contributed by atoms with Crippen LogP contribution in [0, 0.1) is 12.8 Å². The van der Waals surface area contributed by atoms with E-state index in [0.29, 0.717) is 13.2 Å². The maximum Gasteiger partial charge on any atom is 0.309 e. The lowest BCUT2D eigenvalue weighted by Gasteiger charge is -2.33. The Kier molecular flexibility index (Phi) is 7.62. The van der Waals surface area contributed by atoms with Gasteiger partial charge < -0.3 is 19.5 Å². The number of hydrogen-bond donors (Lipinski definition) is 1. The van der Waals surface area contributed by atoms with Crippen LogP contribution in [0.1, 0.15) is 36.3 Å². The van der Waals surface area contributed by atoms with Gasteiger partial charge in [-0.1, -0.05) is 6.07 Å². The number of esters is 1. The molecule has 3 heterocycles. The maximum absolute atomic E-state index is 12.0. The van der Waals surface area contributed by atoms with Crippen molar-refractivity contribution < 1.29 is 9.53 Å². The predicted octanol–water partition coefficient (Wildman–Crippen LogP) is 2.15. The van der Waals surface area contributed by atoms with Gasteiger partial charge in [0.05, 0.1) is 12.5 Å². The fourth-order valence-corrected chi connectivity index (χ4v) is 4.05. The van der Waals surface area contributed by atoms with Crippen molar-refractivity contribution in [2.24, 2.45) is 18.0 Å². The van der Waals surface area contributed by atoms with Crippen molar-refractivity contribution in [3.63, 3.8) is 0 Å². The molecule has 0 bridgehead atoms. The number of carbonyl (C=O) groups is 1. The van der Waals surface area contributed by atoms with Crippen molar-refractivity contribution >= 4 is 23.3 Å². The van der Waals surface area contributed by atoms with E-state index < -0.39 is 0 Å². The highest BCUT2D eigenvalue weighted by molar-refractivity contribution is 7.09. The van der Waals surface area contributed by atoms with E-state index in [1.165, 1.54) is 4.88 Å². The van der Waals surface area contributed by atoms with Gasteiger partial charge in [-0.05, 0) is 44.6 Å². The van der Waals surface area contributed by atoms with E-state index in [2.05, 4.69) is 37.9 Å². The molecule has 9 heteroatoms. The second-order valence-corrected chi connectivity index (χ2v) is 8.16. The number of guanidine groups is 1. The van der Waals surface area contributed by atoms with Crippen molar-refractivity contribution in [1.82, 2.24) is 25.0 Å². The number of ether oxygens (including phenoxy) is 1. The smallest absolute Gasteiger partial charge is 0.309 e. The van der Waals surface area contributed by atoms with Crippen molar-refractivity contribution in [3.05, 3.63) is 34.0 Å². The van der Waals surface area contributed by atoms with E-state index in [4.69, 9.17) is 9.73 Å². The molecule has 0 aliphatic carbocycles. The summed E-state index contributed by atoms with van der Waals surface area (Å²) in [6.45, 7) is 7.07. The van der Waals surface area contributed by atoms with Crippen molar-refractivity contribution in [1.29, 1.82) is 0 Å². The first-order valence-corrected chi connectivity index (χ1v) is 11.0. The average molecular weight is 419 g/mol. The van der Waals surface area contributed by atoms with Crippen LogP contribution in [0.3, 0.4) is 0 Å². The summed E-state index contributed by atoms with van der Waals surface area (Å²) in [7, 11) is 1.95. The first kappa shape index (κ1) is 21.3. The number of carbonyl (C=O) groups excluding carboxylic acids is 1. The molecule has 1 aliphatic rings. The third-order valence-electron chi connectivity index (χ3n) is 5.20. The summed E-state index contributed by atoms with van der Waals surface area (Å²) in [5, 5.41) is 13.9. The summed E-state index contributed by atoms with van der Waals surface area (Å²) in [6.07, 6.45) is 2.53. The molecule has 0 saturated carbocycles. The lowest BCUT2D eigenvalue weighted by Crippen LogP contribution is -2.47. The van der Waals surface area contributed by atoms with Crippen LogP contribution in [0.15, 0.2) is 22.5 Å². The zero-order valence-electron chi connectivity index (χ0n) is 17.4. The van der Waals surface area contributed by atoms with Gasteiger partial charge in [-0.25, -0.2) is 4.99 Å². The summed E-state index contributed by atoms with van der Waals surface area (Å²) in [4.78, 5) is 20.4. The molecule has 1 fully saturated rings. The number of thiophene rings is 1. The van der Waals surface area contributed by atoms with Crippen LogP contribution in [0.25, 0.3) is 0 Å². The number of nitrogens with one attached hydrogen (secondary N) is 1. The van der Waals surface area contributed by atoms with Crippen molar-refractivity contribution in [2.75, 3.05) is 26.2 Å². The van der Waals surface area contributed by atoms with Crippen LogP contribution in [-0.2, 0) is 29.5 Å². The molecular formula is C20H30N6O2S. The number of piperidine rings is 1. The number of likely N-dealkylation sites (tertiary alicyclic amines) is 1. The summed E-state index contributed by atoms with van der Waals surface area (Å²) in [6, 6.07) is 4.22. The molecule has 0 amide bonds. The molecule has 2 aromatic rings. The highest BCUT2D eigenvalue weighted by atomic mass is 32.1. The normalized spacial score (nSPS) is 15.6. The maximum atomic E-state index is 12.0. The minimum absolute atomic E-state index is 0.0139. The van der Waals surface area contributed by atoms with E-state index in [9.17, 15) is 4.79 Å². The number of aromatic nitrogens is 3. The molecule has 1 saturated heterocycles. The summed E-state index contributed by atoms with van der Waals surface area (Å²) < 4.78 is 7.14. The van der Waals surface area contributed by atoms with Crippen LogP contribution in [0.5, 0.6) is 0 Å². The number of rotatable bonds is 7. The highest BCUT2D eigenvalue weighted by Crippen LogP contribution is 2.19. The third-order valence-corrected chi connectivity index (χ3v) is 6.14. The SMILES string of the molecule is CCOC(=O)C1CCN(C(=NCc2nnc(C)n2C)NCCc2cccs2)CC1. The van der Waals surface area contributed by atoms with E-state index in [0.717, 1.165) is 56.5 Å². The second-order valence-electron chi connectivity index (χ2n) is 7.13. The number of aryl methyl sites for hydroxylation is 1. The number of hydrogen-bond acceptors (Lipinski definition) is 6. The Morgan fingerprint density at radius 2 is 2.17 bits per heavy atom. The molecular weight excluding hydrogens is 388 g/mol. The lowest BCUT2D eigenvalue weighted by molar-refractivity contribution is -0.149. The third kappa shape index (κ3) is 5.79. The van der Waals surface area contributed by atoms with Crippen molar-refractivity contribution in [2.45, 2.75) is 39.7 Å². The van der Waals surface area contributed by atoms with Gasteiger partial charge in [0.25, 0.3) is 0 Å². The molecule has 1 N–H and O–H groups in total. The molecule has 158 valence electrons. The van der Waals surface area contributed by atoms with Gasteiger partial charge in [0.15, 0.2) is 11.8 Å². The topological polar surface area (TPSA) is 84.6 Å². The van der Waals surface area contributed by atoms with Crippen LogP contribution in [-0.4, -0.2) is 57.8 Å². The Balaban J connectivity index is 1.62. The van der Waals surface area contributed by atoms with Gasteiger partial charge in [0.1, 0.15) is 12.4 Å². The molecule has 0 aromatic carbocycles. The van der Waals surface area contributed by atoms with Crippen LogP contribution >= 0.6 is 11.3 Å². The summed E-state index contributed by atoms with van der Waals surface area (Å²) >= 11 is 1.77. The molecule has 0 spiro atoms. The molecule has 8 nitrogen and oxygen atoms in total. The van der Waals surface area contributed by atoms with E-state index in [1.54, 1.807) is 11.3 Å². The molecule has 0 unspecified atom stereocenters. The summed E-state index contributed by atoms with van der Waals surface area (Å²) in [5.74, 6) is 2.48. The van der Waals surface area contributed by atoms with E-state index >= 15 is 0 Å². The van der Waals surface area contributed by atoms with Crippen LogP contribution in [0.4, 0.5) is 0 Å². The molecule has 1 aliphatic heterocycles. The van der Waals surface area contributed by atoms with Crippen molar-refractivity contribution in [3.8, 4) is 0 Å². The first-order valence-electron chi connectivity index (χ1n) is 10.2. The monoisotopic (exact) mass is 418 g/mol. The molecule has 3 rings (SSSR count). The Morgan fingerprint density at radius 3 is 2.79 bits per heavy atom. The van der Waals surface area contributed by atoms with Gasteiger partial charge >= 0.3 is 5.97 Å². The van der Waals surface area contributed by atoms with Gasteiger partial charge in [0, 0.05) is 31.6 Å². The first-order chi connectivity index (χ1) is 14.1. The lowest BCUT2D eigenvalue weighted by atomic mass is 9.97. The minimum Gasteiger partial charge on any atom is -0.466 e. The average Bonchev–Trinajstić information content (AvgIpc) is 3.36. The number of aliphatic imine (C=N–C) groups is 1. The zero-order valence-corrected chi connectivity index (χ0v) is 18.2. The van der Waals surface area contributed by atoms with E-state index in [1.807, 2.05) is 25.5 Å². The highest BCUT2D eigenvalue weighted by Gasteiger charge is 2.27. The van der Waals surface area contributed by atoms with Gasteiger partial charge in [-0.3, -0.25) is 4.79 Å². The standard InChI is InChI=1S/C20H30N6O2S/c1-4-28-19(27)16-8-11-26(12-9-16)20(21-10-7-17-6-5-13-29-17)22-14-18-24-23-15(2)25(18)3/h5-6,13,16H,4,7-12,14H2,1-3H3,(H,21,22). The minimum atomic E-state index is -0.0779. The van der Waals surface area contributed by atoms with Crippen LogP contribution in [0.2, 0.25) is 0 Å². The molecule has 0 radical (unpaired) electrons. The predicted molar refractivity (Wildman–Crippen MR) is 114 cm³/mol. The molecule has 29 heavy (non-hydrogen) atoms. The fraction of sp³-hybridized carbons (Fsp3) is 0.600. The second kappa shape index (κ2) is 10.4. The van der Waals surface area contributed by atoms with Crippen LogP contribution < -0.4 is 5.32 Å². The fourth-order valence-electron chi connectivity index (χ4n) is 3.34. The molecule has 0 atom stereocenters. The zero-order chi connectivity index (χ0) is 20.6. The van der Waals surface area contributed by atoms with Gasteiger partial charge in [0.2, 0.25) is 0 Å². The van der Waals surface area contributed by atoms with Gasteiger partial charge in [-0.15, -0.1) is 21.5 Å². The quantitative estimate of drug-likeness (QED) is 0.421. The van der Waals surface area contributed by atoms with Gasteiger partial charge in [-0.2, -0.15) is 0 Å². The van der Waals surface area contributed by atoms with E-state index in [-0.39, 0.29) is 11.9 Å². The Hall–Kier alpha value is -2.42. The largest absolute Gasteiger partial charge is 0.466 e. The Labute approximate surface area is 176 Å².